The van der Waals surface area contributed by atoms with Crippen molar-refractivity contribution in [3.05, 3.63) is 89.4 Å². The van der Waals surface area contributed by atoms with Crippen LogP contribution in [0.15, 0.2) is 66.9 Å². The molecule has 0 radical (unpaired) electrons. The number of nitrogens with one attached hydrogen (secondary N) is 3. The number of para-hydroxylation sites is 1. The maximum absolute atomic E-state index is 14.2. The number of sulfonamides is 1. The van der Waals surface area contributed by atoms with Gasteiger partial charge in [-0.05, 0) is 48.9 Å². The Morgan fingerprint density at radius 2 is 1.78 bits per heavy atom. The number of pyridine rings is 1. The molecular formula is C24H22F4N4O3S. The van der Waals surface area contributed by atoms with Crippen molar-refractivity contribution < 1.29 is 30.8 Å². The number of hydrogen-bond donors (Lipinski definition) is 3. The van der Waals surface area contributed by atoms with Crippen molar-refractivity contribution in [2.45, 2.75) is 19.1 Å². The molecule has 0 fully saturated rings. The van der Waals surface area contributed by atoms with E-state index in [9.17, 15) is 30.8 Å². The van der Waals surface area contributed by atoms with Gasteiger partial charge in [0.15, 0.2) is 0 Å². The molecule has 190 valence electrons. The molecule has 0 saturated carbocycles. The smallest absolute Gasteiger partial charge is 0.346 e. The molecule has 0 bridgehead atoms. The molecule has 0 aliphatic rings. The molecule has 1 heterocycles. The lowest BCUT2D eigenvalue weighted by Crippen LogP contribution is -2.24. The van der Waals surface area contributed by atoms with Crippen LogP contribution in [-0.4, -0.2) is 25.6 Å². The monoisotopic (exact) mass is 522 g/mol. The van der Waals surface area contributed by atoms with E-state index < -0.39 is 39.5 Å². The lowest BCUT2D eigenvalue weighted by Gasteiger charge is -2.15. The molecule has 3 rings (SSSR count). The van der Waals surface area contributed by atoms with Crippen LogP contribution in [-0.2, 0) is 21.0 Å². The van der Waals surface area contributed by atoms with Gasteiger partial charge in [-0.2, -0.15) is 13.2 Å². The number of hydrogen-bond acceptors (Lipinski definition) is 5. The van der Waals surface area contributed by atoms with Gasteiger partial charge in [-0.1, -0.05) is 24.3 Å². The zero-order valence-electron chi connectivity index (χ0n) is 19.1. The summed E-state index contributed by atoms with van der Waals surface area (Å²) in [5.74, 6) is -1.37. The van der Waals surface area contributed by atoms with E-state index in [0.29, 0.717) is 17.4 Å². The van der Waals surface area contributed by atoms with Gasteiger partial charge in [-0.25, -0.2) is 17.8 Å². The van der Waals surface area contributed by atoms with Crippen LogP contribution < -0.4 is 15.4 Å². The zero-order chi connectivity index (χ0) is 26.5. The predicted molar refractivity (Wildman–Crippen MR) is 129 cm³/mol. The molecule has 1 aromatic heterocycles. The number of aromatic nitrogens is 1. The van der Waals surface area contributed by atoms with Gasteiger partial charge in [0.2, 0.25) is 15.9 Å². The normalized spacial score (nSPS) is 12.8. The Kier molecular flexibility index (Phi) is 7.98. The molecule has 7 nitrogen and oxygen atoms in total. The highest BCUT2D eigenvalue weighted by atomic mass is 32.2. The zero-order valence-corrected chi connectivity index (χ0v) is 19.9. The fraction of sp³-hybridized carbons (Fsp3) is 0.167. The number of carbonyl (C=O) groups excluding carboxylic acids is 1. The fourth-order valence-corrected chi connectivity index (χ4v) is 3.69. The maximum Gasteiger partial charge on any atom is 0.417 e. The lowest BCUT2D eigenvalue weighted by atomic mass is 10.1. The first-order valence-electron chi connectivity index (χ1n) is 10.5. The van der Waals surface area contributed by atoms with Crippen LogP contribution in [0.5, 0.6) is 0 Å². The molecular weight excluding hydrogens is 500 g/mol. The van der Waals surface area contributed by atoms with Gasteiger partial charge < -0.3 is 10.6 Å². The summed E-state index contributed by atoms with van der Waals surface area (Å²) in [6.07, 6.45) is -0.813. The van der Waals surface area contributed by atoms with Gasteiger partial charge in [-0.3, -0.25) is 9.52 Å². The van der Waals surface area contributed by atoms with Crippen molar-refractivity contribution in [2.75, 3.05) is 16.3 Å². The van der Waals surface area contributed by atoms with E-state index in [1.807, 2.05) is 4.72 Å². The number of anilines is 3. The summed E-state index contributed by atoms with van der Waals surface area (Å²) in [6.45, 7) is 1.57. The Hall–Kier alpha value is -3.93. The Morgan fingerprint density at radius 3 is 2.39 bits per heavy atom. The molecule has 0 spiro atoms. The summed E-state index contributed by atoms with van der Waals surface area (Å²) in [7, 11) is -3.67. The molecule has 3 N–H and O–H groups in total. The van der Waals surface area contributed by atoms with Crippen molar-refractivity contribution in [3.63, 3.8) is 0 Å². The number of carbonyl (C=O) groups is 1. The third-order valence-corrected chi connectivity index (χ3v) is 5.43. The molecule has 3 aromatic rings. The summed E-state index contributed by atoms with van der Waals surface area (Å²) in [5, 5.41) is 5.50. The van der Waals surface area contributed by atoms with Gasteiger partial charge in [-0.15, -0.1) is 0 Å². The quantitative estimate of drug-likeness (QED) is 0.277. The van der Waals surface area contributed by atoms with E-state index in [0.717, 1.165) is 24.5 Å². The summed E-state index contributed by atoms with van der Waals surface area (Å²) < 4.78 is 78.5. The van der Waals surface area contributed by atoms with Crippen LogP contribution in [0.25, 0.3) is 6.08 Å². The molecule has 1 amide bonds. The second-order valence-corrected chi connectivity index (χ2v) is 9.58. The first-order chi connectivity index (χ1) is 16.8. The molecule has 12 heteroatoms. The minimum atomic E-state index is -4.63. The lowest BCUT2D eigenvalue weighted by molar-refractivity contribution is -0.137. The largest absolute Gasteiger partial charge is 0.417 e. The van der Waals surface area contributed by atoms with Crippen molar-refractivity contribution in [2.24, 2.45) is 0 Å². The molecule has 1 atom stereocenters. The van der Waals surface area contributed by atoms with Crippen molar-refractivity contribution >= 4 is 39.2 Å². The van der Waals surface area contributed by atoms with Gasteiger partial charge in [0.25, 0.3) is 0 Å². The molecule has 0 aliphatic carbocycles. The van der Waals surface area contributed by atoms with Crippen molar-refractivity contribution in [1.29, 1.82) is 0 Å². The van der Waals surface area contributed by atoms with Gasteiger partial charge >= 0.3 is 6.18 Å². The number of alkyl halides is 3. The van der Waals surface area contributed by atoms with Gasteiger partial charge in [0.1, 0.15) is 11.6 Å². The minimum absolute atomic E-state index is 0.0266. The number of nitrogens with zero attached hydrogens (tertiary/aromatic N) is 1. The molecule has 0 aliphatic heterocycles. The van der Waals surface area contributed by atoms with Crippen LogP contribution in [0, 0.1) is 5.82 Å². The van der Waals surface area contributed by atoms with Crippen molar-refractivity contribution in [3.8, 4) is 0 Å². The topological polar surface area (TPSA) is 100 Å². The summed E-state index contributed by atoms with van der Waals surface area (Å²) >= 11 is 0. The first kappa shape index (κ1) is 26.7. The van der Waals surface area contributed by atoms with E-state index in [-0.39, 0.29) is 17.1 Å². The van der Waals surface area contributed by atoms with E-state index in [1.54, 1.807) is 37.3 Å². The second-order valence-electron chi connectivity index (χ2n) is 7.83. The van der Waals surface area contributed by atoms with Crippen LogP contribution in [0.2, 0.25) is 0 Å². The fourth-order valence-electron chi connectivity index (χ4n) is 3.12. The number of benzene rings is 2. The van der Waals surface area contributed by atoms with Crippen LogP contribution in [0.3, 0.4) is 0 Å². The van der Waals surface area contributed by atoms with E-state index in [4.69, 9.17) is 0 Å². The average molecular weight is 523 g/mol. The summed E-state index contributed by atoms with van der Waals surface area (Å²) in [4.78, 5) is 16.3. The van der Waals surface area contributed by atoms with E-state index >= 15 is 0 Å². The Balaban J connectivity index is 1.78. The Bertz CT molecular complexity index is 1380. The van der Waals surface area contributed by atoms with Crippen LogP contribution >= 0.6 is 0 Å². The summed E-state index contributed by atoms with van der Waals surface area (Å²) in [5.41, 5.74) is -0.254. The van der Waals surface area contributed by atoms with E-state index in [1.165, 1.54) is 18.2 Å². The summed E-state index contributed by atoms with van der Waals surface area (Å²) in [6, 6.07) is 12.6. The van der Waals surface area contributed by atoms with E-state index in [2.05, 4.69) is 15.6 Å². The molecule has 36 heavy (non-hydrogen) atoms. The molecule has 2 aromatic carbocycles. The molecule has 0 saturated heterocycles. The molecule has 0 unspecified atom stereocenters. The van der Waals surface area contributed by atoms with Crippen LogP contribution in [0.4, 0.5) is 34.8 Å². The highest BCUT2D eigenvalue weighted by molar-refractivity contribution is 7.92. The third kappa shape index (κ3) is 7.54. The maximum atomic E-state index is 14.2. The average Bonchev–Trinajstić information content (AvgIpc) is 2.79. The highest BCUT2D eigenvalue weighted by Crippen LogP contribution is 2.32. The van der Waals surface area contributed by atoms with Crippen LogP contribution in [0.1, 0.15) is 29.7 Å². The van der Waals surface area contributed by atoms with Gasteiger partial charge in [0.05, 0.1) is 23.5 Å². The Labute approximate surface area is 205 Å². The third-order valence-electron chi connectivity index (χ3n) is 4.84. The second kappa shape index (κ2) is 10.8. The van der Waals surface area contributed by atoms with Crippen molar-refractivity contribution in [1.82, 2.24) is 10.3 Å². The number of halogens is 4. The SMILES string of the molecule is C[C@@H](NC(=O)/C=C/c1cc(C(F)(F)F)cnc1Nc1ccccc1)c1ccc(NS(C)(=O)=O)c(F)c1. The number of amides is 1. The highest BCUT2D eigenvalue weighted by Gasteiger charge is 2.31. The Morgan fingerprint density at radius 1 is 1.08 bits per heavy atom. The number of rotatable bonds is 8. The first-order valence-corrected chi connectivity index (χ1v) is 12.4. The minimum Gasteiger partial charge on any atom is -0.346 e. The van der Waals surface area contributed by atoms with Gasteiger partial charge in [0, 0.05) is 23.5 Å². The predicted octanol–water partition coefficient (Wildman–Crippen LogP) is 5.25. The standard InChI is InChI=1S/C24H22F4N4O3S/c1-15(16-8-10-21(20(25)13-16)32-36(2,34)35)30-22(33)11-9-17-12-18(24(26,27)28)14-29-23(17)31-19-6-4-3-5-7-19/h3-15,32H,1-2H3,(H,29,31)(H,30,33)/b11-9+/t15-/m1/s1.